The van der Waals surface area contributed by atoms with Crippen LogP contribution < -0.4 is 5.32 Å². The van der Waals surface area contributed by atoms with Crippen LogP contribution in [0.4, 0.5) is 6.01 Å². The van der Waals surface area contributed by atoms with Gasteiger partial charge in [0.1, 0.15) is 9.84 Å². The number of aromatic nitrogens is 2. The Morgan fingerprint density at radius 2 is 2.17 bits per heavy atom. The highest BCUT2D eigenvalue weighted by Gasteiger charge is 2.29. The molecule has 6 nitrogen and oxygen atoms in total. The van der Waals surface area contributed by atoms with Gasteiger partial charge in [-0.25, -0.2) is 8.42 Å². The van der Waals surface area contributed by atoms with E-state index in [-0.39, 0.29) is 11.3 Å². The molecule has 2 aromatic rings. The zero-order valence-electron chi connectivity index (χ0n) is 12.7. The van der Waals surface area contributed by atoms with Crippen molar-refractivity contribution in [3.63, 3.8) is 0 Å². The second-order valence-electron chi connectivity index (χ2n) is 5.89. The molecule has 1 N–H and O–H groups in total. The number of anilines is 1. The summed E-state index contributed by atoms with van der Waals surface area (Å²) in [5.41, 5.74) is 0.770. The summed E-state index contributed by atoms with van der Waals surface area (Å²) in [6.07, 6.45) is 4.33. The lowest BCUT2D eigenvalue weighted by atomic mass is 9.95. The van der Waals surface area contributed by atoms with Crippen LogP contribution >= 0.6 is 11.6 Å². The number of sulfone groups is 1. The Kier molecular flexibility index (Phi) is 4.59. The fraction of sp³-hybridized carbons (Fsp3) is 0.467. The van der Waals surface area contributed by atoms with Crippen molar-refractivity contribution >= 4 is 27.5 Å². The first-order valence-corrected chi connectivity index (χ1v) is 9.80. The molecule has 1 aromatic carbocycles. The van der Waals surface area contributed by atoms with Crippen LogP contribution in [0.5, 0.6) is 0 Å². The highest BCUT2D eigenvalue weighted by molar-refractivity contribution is 7.91. The molecule has 0 radical (unpaired) electrons. The van der Waals surface area contributed by atoms with Crippen LogP contribution in [0.1, 0.15) is 25.7 Å². The first-order valence-electron chi connectivity index (χ1n) is 7.47. The molecule has 1 saturated carbocycles. The van der Waals surface area contributed by atoms with Crippen molar-refractivity contribution in [2.75, 3.05) is 11.6 Å². The van der Waals surface area contributed by atoms with Gasteiger partial charge in [-0.2, -0.15) is 4.98 Å². The van der Waals surface area contributed by atoms with E-state index in [2.05, 4.69) is 15.5 Å². The topological polar surface area (TPSA) is 85.1 Å². The van der Waals surface area contributed by atoms with Gasteiger partial charge in [0.05, 0.1) is 5.25 Å². The molecule has 0 aliphatic heterocycles. The molecule has 124 valence electrons. The molecule has 0 saturated heterocycles. The number of nitrogens with zero attached hydrogens (tertiary/aromatic N) is 2. The number of rotatable bonds is 4. The third-order valence-electron chi connectivity index (χ3n) is 4.07. The van der Waals surface area contributed by atoms with Crippen molar-refractivity contribution in [2.24, 2.45) is 0 Å². The third-order valence-corrected chi connectivity index (χ3v) is 5.94. The summed E-state index contributed by atoms with van der Waals surface area (Å²) < 4.78 is 28.6. The maximum absolute atomic E-state index is 11.7. The Balaban J connectivity index is 1.69. The van der Waals surface area contributed by atoms with Crippen molar-refractivity contribution in [3.05, 3.63) is 29.3 Å². The molecule has 2 unspecified atom stereocenters. The number of halogens is 1. The highest BCUT2D eigenvalue weighted by atomic mass is 35.5. The Bertz CT molecular complexity index is 791. The Morgan fingerprint density at radius 3 is 2.91 bits per heavy atom. The minimum Gasteiger partial charge on any atom is -0.335 e. The lowest BCUT2D eigenvalue weighted by Gasteiger charge is -2.27. The van der Waals surface area contributed by atoms with Gasteiger partial charge in [-0.15, -0.1) is 0 Å². The van der Waals surface area contributed by atoms with E-state index in [0.717, 1.165) is 18.4 Å². The minimum atomic E-state index is -3.01. The summed E-state index contributed by atoms with van der Waals surface area (Å²) in [5, 5.41) is 7.39. The predicted octanol–water partition coefficient (Wildman–Crippen LogP) is 3.16. The van der Waals surface area contributed by atoms with Crippen LogP contribution in [0.3, 0.4) is 0 Å². The van der Waals surface area contributed by atoms with Crippen LogP contribution in [-0.2, 0) is 9.84 Å². The van der Waals surface area contributed by atoms with Crippen molar-refractivity contribution in [2.45, 2.75) is 37.0 Å². The van der Waals surface area contributed by atoms with Gasteiger partial charge in [0.25, 0.3) is 0 Å². The van der Waals surface area contributed by atoms with E-state index >= 15 is 0 Å². The first kappa shape index (κ1) is 16.3. The number of nitrogens with one attached hydrogen (secondary N) is 1. The zero-order chi connectivity index (χ0) is 16.4. The van der Waals surface area contributed by atoms with Crippen molar-refractivity contribution in [1.29, 1.82) is 0 Å². The van der Waals surface area contributed by atoms with E-state index in [4.69, 9.17) is 16.1 Å². The quantitative estimate of drug-likeness (QED) is 0.906. The molecule has 0 spiro atoms. The summed E-state index contributed by atoms with van der Waals surface area (Å²) in [6, 6.07) is 7.53. The predicted molar refractivity (Wildman–Crippen MR) is 89.3 cm³/mol. The van der Waals surface area contributed by atoms with Gasteiger partial charge >= 0.3 is 6.01 Å². The Hall–Kier alpha value is -1.60. The second-order valence-corrected chi connectivity index (χ2v) is 8.66. The lowest BCUT2D eigenvalue weighted by molar-refractivity contribution is 0.406. The number of hydrogen-bond donors (Lipinski definition) is 1. The maximum Gasteiger partial charge on any atom is 0.322 e. The van der Waals surface area contributed by atoms with Gasteiger partial charge in [0.15, 0.2) is 0 Å². The molecular weight excluding hydrogens is 338 g/mol. The molecular formula is C15H18ClN3O3S. The molecule has 8 heteroatoms. The number of benzene rings is 1. The molecule has 1 heterocycles. The zero-order valence-corrected chi connectivity index (χ0v) is 14.3. The smallest absolute Gasteiger partial charge is 0.322 e. The van der Waals surface area contributed by atoms with Gasteiger partial charge < -0.3 is 9.84 Å². The molecule has 1 aliphatic carbocycles. The molecule has 1 aliphatic rings. The molecule has 1 aromatic heterocycles. The molecule has 0 bridgehead atoms. The number of hydrogen-bond acceptors (Lipinski definition) is 6. The summed E-state index contributed by atoms with van der Waals surface area (Å²) in [5.74, 6) is 0.450. The largest absolute Gasteiger partial charge is 0.335 e. The van der Waals surface area contributed by atoms with Gasteiger partial charge in [0, 0.05) is 22.9 Å². The average Bonchev–Trinajstić information content (AvgIpc) is 2.95. The summed E-state index contributed by atoms with van der Waals surface area (Å²) >= 11 is 5.96. The van der Waals surface area contributed by atoms with Gasteiger partial charge in [-0.05, 0) is 31.4 Å². The summed E-state index contributed by atoms with van der Waals surface area (Å²) in [4.78, 5) is 4.31. The summed E-state index contributed by atoms with van der Waals surface area (Å²) in [6.45, 7) is 0. The lowest BCUT2D eigenvalue weighted by Crippen LogP contribution is -2.34. The van der Waals surface area contributed by atoms with E-state index in [1.54, 1.807) is 12.1 Å². The van der Waals surface area contributed by atoms with Crippen LogP contribution in [-0.4, -0.2) is 36.1 Å². The maximum atomic E-state index is 11.7. The second kappa shape index (κ2) is 6.49. The van der Waals surface area contributed by atoms with E-state index in [0.29, 0.717) is 29.7 Å². The van der Waals surface area contributed by atoms with Crippen LogP contribution in [0.25, 0.3) is 11.4 Å². The van der Waals surface area contributed by atoms with Gasteiger partial charge in [0.2, 0.25) is 5.82 Å². The van der Waals surface area contributed by atoms with Crippen molar-refractivity contribution in [3.8, 4) is 11.4 Å². The van der Waals surface area contributed by atoms with Gasteiger partial charge in [-0.3, -0.25) is 0 Å². The van der Waals surface area contributed by atoms with Crippen LogP contribution in [0, 0.1) is 0 Å². The first-order chi connectivity index (χ1) is 10.9. The van der Waals surface area contributed by atoms with Crippen LogP contribution in [0.15, 0.2) is 28.8 Å². The van der Waals surface area contributed by atoms with Gasteiger partial charge in [-0.1, -0.05) is 35.3 Å². The molecule has 2 atom stereocenters. The van der Waals surface area contributed by atoms with E-state index in [1.807, 2.05) is 12.1 Å². The average molecular weight is 356 g/mol. The SMILES string of the molecule is CS(=O)(=O)C1CCCC(Nc2nc(-c3cccc(Cl)c3)no2)C1. The fourth-order valence-corrected chi connectivity index (χ4v) is 4.23. The Morgan fingerprint density at radius 1 is 1.35 bits per heavy atom. The molecule has 1 fully saturated rings. The van der Waals surface area contributed by atoms with Crippen LogP contribution in [0.2, 0.25) is 5.02 Å². The highest BCUT2D eigenvalue weighted by Crippen LogP contribution is 2.27. The third kappa shape index (κ3) is 4.03. The molecule has 0 amide bonds. The van der Waals surface area contributed by atoms with E-state index in [9.17, 15) is 8.42 Å². The van der Waals surface area contributed by atoms with Crippen molar-refractivity contribution < 1.29 is 12.9 Å². The standard InChI is InChI=1S/C15H18ClN3O3S/c1-23(20,21)13-7-3-6-12(9-13)17-15-18-14(19-22-15)10-4-2-5-11(16)8-10/h2,4-5,8,12-13H,3,6-7,9H2,1H3,(H,17,18,19). The van der Waals surface area contributed by atoms with E-state index in [1.165, 1.54) is 6.26 Å². The Labute approximate surface area is 140 Å². The minimum absolute atomic E-state index is 0.0242. The monoisotopic (exact) mass is 355 g/mol. The van der Waals surface area contributed by atoms with E-state index < -0.39 is 9.84 Å². The summed E-state index contributed by atoms with van der Waals surface area (Å²) in [7, 11) is -3.01. The molecule has 23 heavy (non-hydrogen) atoms. The molecule has 3 rings (SSSR count). The normalized spacial score (nSPS) is 22.0. The fourth-order valence-electron chi connectivity index (χ4n) is 2.87. The van der Waals surface area contributed by atoms with Crippen molar-refractivity contribution in [1.82, 2.24) is 10.1 Å².